The second-order valence-corrected chi connectivity index (χ2v) is 4.05. The van der Waals surface area contributed by atoms with Crippen LogP contribution < -0.4 is 0 Å². The molecule has 0 aromatic heterocycles. The number of hydrogen-bond donors (Lipinski definition) is 1. The predicted octanol–water partition coefficient (Wildman–Crippen LogP) is 2.11. The molecule has 0 aromatic rings. The molecule has 62 valence electrons. The summed E-state index contributed by atoms with van der Waals surface area (Å²) >= 11 is 0. The zero-order chi connectivity index (χ0) is 7.84. The van der Waals surface area contributed by atoms with E-state index in [1.807, 2.05) is 0 Å². The van der Waals surface area contributed by atoms with Gasteiger partial charge in [-0.15, -0.1) is 0 Å². The van der Waals surface area contributed by atoms with Gasteiger partial charge in [-0.3, -0.25) is 0 Å². The molecule has 1 heteroatoms. The zero-order valence-electron chi connectivity index (χ0n) is 6.92. The van der Waals surface area contributed by atoms with E-state index in [-0.39, 0.29) is 6.10 Å². The molecule has 0 aliphatic heterocycles. The van der Waals surface area contributed by atoms with Gasteiger partial charge in [-0.25, -0.2) is 0 Å². The predicted molar refractivity (Wildman–Crippen MR) is 45.2 cm³/mol. The highest BCUT2D eigenvalue weighted by atomic mass is 16.3. The van der Waals surface area contributed by atoms with Crippen molar-refractivity contribution in [3.05, 3.63) is 12.2 Å². The summed E-state index contributed by atoms with van der Waals surface area (Å²) in [7, 11) is 0. The fraction of sp³-hybridized carbons (Fsp3) is 0.800. The molecule has 1 nitrogen and oxygen atoms in total. The number of fused-ring (bicyclic) bond motifs is 1. The molecule has 3 unspecified atom stereocenters. The Morgan fingerprint density at radius 1 is 1.36 bits per heavy atom. The van der Waals surface area contributed by atoms with Gasteiger partial charge in [-0.05, 0) is 37.5 Å². The largest absolute Gasteiger partial charge is 0.393 e. The van der Waals surface area contributed by atoms with Gasteiger partial charge >= 0.3 is 0 Å². The molecule has 0 amide bonds. The molecular formula is C10H16O. The van der Waals surface area contributed by atoms with Crippen molar-refractivity contribution < 1.29 is 5.11 Å². The van der Waals surface area contributed by atoms with Gasteiger partial charge in [0.05, 0.1) is 6.10 Å². The lowest BCUT2D eigenvalue weighted by Gasteiger charge is -2.30. The van der Waals surface area contributed by atoms with Gasteiger partial charge in [-0.1, -0.05) is 18.6 Å². The summed E-state index contributed by atoms with van der Waals surface area (Å²) in [5.41, 5.74) is 1.31. The molecule has 2 fully saturated rings. The average molecular weight is 152 g/mol. The highest BCUT2D eigenvalue weighted by molar-refractivity contribution is 5.10. The van der Waals surface area contributed by atoms with Crippen LogP contribution in [0.5, 0.6) is 0 Å². The molecule has 0 radical (unpaired) electrons. The summed E-state index contributed by atoms with van der Waals surface area (Å²) in [6.07, 6.45) is 5.81. The van der Waals surface area contributed by atoms with Crippen molar-refractivity contribution in [3.63, 3.8) is 0 Å². The van der Waals surface area contributed by atoms with E-state index in [1.54, 1.807) is 0 Å². The van der Waals surface area contributed by atoms with Crippen LogP contribution in [0.3, 0.4) is 0 Å². The van der Waals surface area contributed by atoms with Crippen LogP contribution in [0.1, 0.15) is 32.1 Å². The Hall–Kier alpha value is -0.300. The first-order chi connectivity index (χ1) is 5.27. The molecule has 1 N–H and O–H groups in total. The Kier molecular flexibility index (Phi) is 1.76. The maximum absolute atomic E-state index is 9.47. The molecule has 11 heavy (non-hydrogen) atoms. The van der Waals surface area contributed by atoms with Gasteiger partial charge in [0.25, 0.3) is 0 Å². The number of rotatable bonds is 0. The van der Waals surface area contributed by atoms with E-state index in [4.69, 9.17) is 0 Å². The van der Waals surface area contributed by atoms with Crippen molar-refractivity contribution >= 4 is 0 Å². The molecular weight excluding hydrogens is 136 g/mol. The highest BCUT2D eigenvalue weighted by Crippen LogP contribution is 2.44. The highest BCUT2D eigenvalue weighted by Gasteiger charge is 2.35. The van der Waals surface area contributed by atoms with Crippen molar-refractivity contribution in [1.82, 2.24) is 0 Å². The third-order valence-corrected chi connectivity index (χ3v) is 3.26. The number of aliphatic hydroxyl groups is 1. The van der Waals surface area contributed by atoms with E-state index < -0.39 is 0 Å². The molecule has 0 spiro atoms. The molecule has 0 aromatic carbocycles. The normalized spacial score (nSPS) is 44.1. The molecule has 2 saturated carbocycles. The monoisotopic (exact) mass is 152 g/mol. The van der Waals surface area contributed by atoms with Gasteiger partial charge in [0.15, 0.2) is 0 Å². The Balaban J connectivity index is 2.10. The summed E-state index contributed by atoms with van der Waals surface area (Å²) in [5.74, 6) is 1.53. The minimum atomic E-state index is -0.0816. The van der Waals surface area contributed by atoms with Gasteiger partial charge < -0.3 is 5.11 Å². The summed E-state index contributed by atoms with van der Waals surface area (Å²) in [4.78, 5) is 0. The van der Waals surface area contributed by atoms with E-state index in [2.05, 4.69) is 6.58 Å². The lowest BCUT2D eigenvalue weighted by atomic mass is 9.77. The first-order valence-corrected chi connectivity index (χ1v) is 4.63. The fourth-order valence-corrected chi connectivity index (χ4v) is 2.74. The van der Waals surface area contributed by atoms with Crippen LogP contribution in [-0.2, 0) is 0 Å². The Labute approximate surface area is 68.1 Å². The summed E-state index contributed by atoms with van der Waals surface area (Å²) < 4.78 is 0. The maximum atomic E-state index is 9.47. The van der Waals surface area contributed by atoms with Gasteiger partial charge in [0.1, 0.15) is 0 Å². The third kappa shape index (κ3) is 1.22. The molecule has 3 atom stereocenters. The first kappa shape index (κ1) is 7.35. The smallest absolute Gasteiger partial charge is 0.0580 e. The lowest BCUT2D eigenvalue weighted by Crippen LogP contribution is -2.25. The summed E-state index contributed by atoms with van der Waals surface area (Å²) in [6, 6.07) is 0. The molecule has 0 bridgehead atoms. The van der Waals surface area contributed by atoms with Crippen LogP contribution in [0.15, 0.2) is 12.2 Å². The average Bonchev–Trinajstić information content (AvgIpc) is 2.34. The third-order valence-electron chi connectivity index (χ3n) is 3.26. The summed E-state index contributed by atoms with van der Waals surface area (Å²) in [5, 5.41) is 9.47. The number of hydrogen-bond acceptors (Lipinski definition) is 1. The zero-order valence-corrected chi connectivity index (χ0v) is 6.92. The Bertz CT molecular complexity index is 174. The fourth-order valence-electron chi connectivity index (χ4n) is 2.74. The standard InChI is InChI=1S/C10H16O/c1-7-5-9(11)6-8-3-2-4-10(7)8/h8-11H,1-6H2. The molecule has 0 heterocycles. The van der Waals surface area contributed by atoms with Crippen LogP contribution in [0.2, 0.25) is 0 Å². The van der Waals surface area contributed by atoms with Crippen LogP contribution in [0.4, 0.5) is 0 Å². The van der Waals surface area contributed by atoms with Crippen LogP contribution in [0.25, 0.3) is 0 Å². The lowest BCUT2D eigenvalue weighted by molar-refractivity contribution is 0.110. The molecule has 0 saturated heterocycles. The minimum Gasteiger partial charge on any atom is -0.393 e. The summed E-state index contributed by atoms with van der Waals surface area (Å²) in [6.45, 7) is 4.05. The van der Waals surface area contributed by atoms with E-state index in [0.717, 1.165) is 24.7 Å². The quantitative estimate of drug-likeness (QED) is 0.527. The van der Waals surface area contributed by atoms with E-state index in [9.17, 15) is 5.11 Å². The molecule has 2 aliphatic carbocycles. The van der Waals surface area contributed by atoms with E-state index in [0.29, 0.717) is 0 Å². The van der Waals surface area contributed by atoms with Crippen molar-refractivity contribution in [2.24, 2.45) is 11.8 Å². The molecule has 2 aliphatic rings. The minimum absolute atomic E-state index is 0.0816. The second-order valence-electron chi connectivity index (χ2n) is 4.05. The van der Waals surface area contributed by atoms with Crippen molar-refractivity contribution in [2.75, 3.05) is 0 Å². The van der Waals surface area contributed by atoms with Crippen LogP contribution in [-0.4, -0.2) is 11.2 Å². The van der Waals surface area contributed by atoms with Crippen molar-refractivity contribution in [2.45, 2.75) is 38.2 Å². The van der Waals surface area contributed by atoms with E-state index in [1.165, 1.54) is 24.8 Å². The van der Waals surface area contributed by atoms with Crippen molar-refractivity contribution in [1.29, 1.82) is 0 Å². The van der Waals surface area contributed by atoms with Crippen molar-refractivity contribution in [3.8, 4) is 0 Å². The van der Waals surface area contributed by atoms with Gasteiger partial charge in [-0.2, -0.15) is 0 Å². The van der Waals surface area contributed by atoms with Gasteiger partial charge in [0.2, 0.25) is 0 Å². The van der Waals surface area contributed by atoms with Gasteiger partial charge in [0, 0.05) is 0 Å². The molecule has 2 rings (SSSR count). The maximum Gasteiger partial charge on any atom is 0.0580 e. The topological polar surface area (TPSA) is 20.2 Å². The van der Waals surface area contributed by atoms with E-state index >= 15 is 0 Å². The second kappa shape index (κ2) is 2.63. The number of aliphatic hydroxyl groups excluding tert-OH is 1. The first-order valence-electron chi connectivity index (χ1n) is 4.63. The Morgan fingerprint density at radius 2 is 2.18 bits per heavy atom. The SMILES string of the molecule is C=C1CC(O)CC2CCCC12. The van der Waals surface area contributed by atoms with Crippen LogP contribution >= 0.6 is 0 Å². The van der Waals surface area contributed by atoms with Crippen LogP contribution in [0, 0.1) is 11.8 Å². The Morgan fingerprint density at radius 3 is 3.00 bits per heavy atom.